The lowest BCUT2D eigenvalue weighted by Gasteiger charge is -2.31. The lowest BCUT2D eigenvalue weighted by atomic mass is 9.96. The number of carbonyl (C=O) groups excluding carboxylic acids is 1. The van der Waals surface area contributed by atoms with Gasteiger partial charge in [0.25, 0.3) is 0 Å². The summed E-state index contributed by atoms with van der Waals surface area (Å²) in [5.74, 6) is 0.939. The molecule has 1 rings (SSSR count). The molecule has 2 N–H and O–H groups in total. The molecule has 0 aromatic carbocycles. The number of amides is 1. The van der Waals surface area contributed by atoms with Crippen LogP contribution in [0.5, 0.6) is 0 Å². The van der Waals surface area contributed by atoms with Crippen molar-refractivity contribution in [1.29, 1.82) is 0 Å². The van der Waals surface area contributed by atoms with Crippen LogP contribution in [0.15, 0.2) is 0 Å². The highest BCUT2D eigenvalue weighted by atomic mass is 16.2. The third kappa shape index (κ3) is 6.03. The fourth-order valence-corrected chi connectivity index (χ4v) is 2.21. The normalized spacial score (nSPS) is 18.6. The van der Waals surface area contributed by atoms with E-state index >= 15 is 0 Å². The molecule has 0 aliphatic carbocycles. The topological polar surface area (TPSA) is 44.4 Å². The van der Waals surface area contributed by atoms with Gasteiger partial charge in [-0.2, -0.15) is 0 Å². The van der Waals surface area contributed by atoms with Crippen LogP contribution in [0.4, 0.5) is 0 Å². The average molecular weight is 241 g/mol. The number of likely N-dealkylation sites (tertiary alicyclic amines) is 1. The van der Waals surface area contributed by atoms with Crippen molar-refractivity contribution in [2.45, 2.75) is 39.7 Å². The summed E-state index contributed by atoms with van der Waals surface area (Å²) in [7, 11) is 0. The number of piperidine rings is 1. The molecule has 1 fully saturated rings. The lowest BCUT2D eigenvalue weighted by molar-refractivity contribution is -0.122. The zero-order valence-electron chi connectivity index (χ0n) is 11.5. The summed E-state index contributed by atoms with van der Waals surface area (Å²) in [6.07, 6.45) is 2.41. The van der Waals surface area contributed by atoms with Gasteiger partial charge in [0, 0.05) is 12.6 Å². The maximum atomic E-state index is 11.4. The largest absolute Gasteiger partial charge is 0.355 e. The number of rotatable bonds is 6. The molecular weight excluding hydrogens is 214 g/mol. The van der Waals surface area contributed by atoms with Crippen LogP contribution in [0.25, 0.3) is 0 Å². The minimum absolute atomic E-state index is 0.159. The first-order valence-corrected chi connectivity index (χ1v) is 6.84. The monoisotopic (exact) mass is 241 g/mol. The van der Waals surface area contributed by atoms with Gasteiger partial charge in [0.15, 0.2) is 0 Å². The minimum Gasteiger partial charge on any atom is -0.355 e. The van der Waals surface area contributed by atoms with Crippen molar-refractivity contribution in [3.63, 3.8) is 0 Å². The number of hydrogen-bond acceptors (Lipinski definition) is 3. The van der Waals surface area contributed by atoms with Crippen LogP contribution in [0.1, 0.15) is 33.6 Å². The van der Waals surface area contributed by atoms with Gasteiger partial charge in [0.1, 0.15) is 0 Å². The maximum absolute atomic E-state index is 11.4. The van der Waals surface area contributed by atoms with Crippen molar-refractivity contribution >= 4 is 5.91 Å². The van der Waals surface area contributed by atoms with Gasteiger partial charge in [0.2, 0.25) is 5.91 Å². The van der Waals surface area contributed by atoms with E-state index in [1.807, 2.05) is 6.92 Å². The Hall–Kier alpha value is -0.610. The molecule has 100 valence electrons. The van der Waals surface area contributed by atoms with E-state index in [0.717, 1.165) is 32.1 Å². The highest BCUT2D eigenvalue weighted by Crippen LogP contribution is 2.16. The van der Waals surface area contributed by atoms with Gasteiger partial charge in [-0.15, -0.1) is 0 Å². The summed E-state index contributed by atoms with van der Waals surface area (Å²) in [6, 6.07) is 0.573. The van der Waals surface area contributed by atoms with Crippen LogP contribution in [-0.2, 0) is 4.79 Å². The summed E-state index contributed by atoms with van der Waals surface area (Å²) in [5.41, 5.74) is 0. The number of nitrogens with one attached hydrogen (secondary N) is 2. The van der Waals surface area contributed by atoms with Gasteiger partial charge in [-0.1, -0.05) is 13.8 Å². The first kappa shape index (κ1) is 14.5. The van der Waals surface area contributed by atoms with Crippen molar-refractivity contribution in [1.82, 2.24) is 15.5 Å². The highest BCUT2D eigenvalue weighted by molar-refractivity contribution is 5.77. The Kier molecular flexibility index (Phi) is 6.52. The summed E-state index contributed by atoms with van der Waals surface area (Å²) < 4.78 is 0. The van der Waals surface area contributed by atoms with Crippen LogP contribution >= 0.6 is 0 Å². The summed E-state index contributed by atoms with van der Waals surface area (Å²) in [6.45, 7) is 10.9. The second-order valence-corrected chi connectivity index (χ2v) is 5.24. The van der Waals surface area contributed by atoms with Crippen LogP contribution in [0.3, 0.4) is 0 Å². The number of hydrogen-bond donors (Lipinski definition) is 2. The molecule has 4 nitrogen and oxygen atoms in total. The highest BCUT2D eigenvalue weighted by Gasteiger charge is 2.20. The Morgan fingerprint density at radius 1 is 1.35 bits per heavy atom. The maximum Gasteiger partial charge on any atom is 0.234 e. The molecule has 0 spiro atoms. The molecule has 17 heavy (non-hydrogen) atoms. The molecule has 0 radical (unpaired) electrons. The lowest BCUT2D eigenvalue weighted by Crippen LogP contribution is -2.43. The van der Waals surface area contributed by atoms with E-state index in [0.29, 0.717) is 12.6 Å². The molecule has 1 aliphatic rings. The van der Waals surface area contributed by atoms with Gasteiger partial charge in [-0.05, 0) is 45.3 Å². The Balaban J connectivity index is 2.15. The smallest absolute Gasteiger partial charge is 0.234 e. The average Bonchev–Trinajstić information content (AvgIpc) is 2.28. The number of nitrogens with zero attached hydrogens (tertiary/aromatic N) is 1. The van der Waals surface area contributed by atoms with Gasteiger partial charge in [-0.3, -0.25) is 9.69 Å². The zero-order chi connectivity index (χ0) is 12.7. The van der Waals surface area contributed by atoms with Crippen molar-refractivity contribution in [3.8, 4) is 0 Å². The van der Waals surface area contributed by atoms with E-state index in [-0.39, 0.29) is 5.91 Å². The van der Waals surface area contributed by atoms with Crippen LogP contribution < -0.4 is 10.6 Å². The number of likely N-dealkylation sites (N-methyl/N-ethyl adjacent to an activating group) is 1. The van der Waals surface area contributed by atoms with Gasteiger partial charge < -0.3 is 10.6 Å². The van der Waals surface area contributed by atoms with E-state index in [4.69, 9.17) is 0 Å². The molecule has 1 heterocycles. The fourth-order valence-electron chi connectivity index (χ4n) is 2.21. The van der Waals surface area contributed by atoms with Crippen LogP contribution in [-0.4, -0.2) is 49.6 Å². The predicted molar refractivity (Wildman–Crippen MR) is 71.0 cm³/mol. The third-order valence-corrected chi connectivity index (χ3v) is 3.26. The first-order valence-electron chi connectivity index (χ1n) is 6.84. The molecule has 0 unspecified atom stereocenters. The Morgan fingerprint density at radius 2 is 2.00 bits per heavy atom. The summed E-state index contributed by atoms with van der Waals surface area (Å²) in [5, 5.41) is 6.34. The van der Waals surface area contributed by atoms with Crippen LogP contribution in [0.2, 0.25) is 0 Å². The summed E-state index contributed by atoms with van der Waals surface area (Å²) in [4.78, 5) is 13.7. The zero-order valence-corrected chi connectivity index (χ0v) is 11.5. The van der Waals surface area contributed by atoms with Gasteiger partial charge >= 0.3 is 0 Å². The first-order chi connectivity index (χ1) is 8.11. The number of carbonyl (C=O) groups is 1. The molecule has 1 amide bonds. The second kappa shape index (κ2) is 7.67. The summed E-state index contributed by atoms with van der Waals surface area (Å²) >= 11 is 0. The standard InChI is InChI=1S/C13H27N3O/c1-4-14-13(17)10-16-7-5-12(6-8-16)9-15-11(2)3/h11-12,15H,4-10H2,1-3H3,(H,14,17). The SMILES string of the molecule is CCNC(=O)CN1CCC(CNC(C)C)CC1. The molecule has 0 bridgehead atoms. The van der Waals surface area contributed by atoms with Crippen molar-refractivity contribution < 1.29 is 4.79 Å². The van der Waals surface area contributed by atoms with Crippen molar-refractivity contribution in [2.24, 2.45) is 5.92 Å². The molecule has 0 saturated carbocycles. The van der Waals surface area contributed by atoms with E-state index in [1.165, 1.54) is 12.8 Å². The molecular formula is C13H27N3O. The Morgan fingerprint density at radius 3 is 2.53 bits per heavy atom. The fraction of sp³-hybridized carbons (Fsp3) is 0.923. The van der Waals surface area contributed by atoms with Crippen molar-refractivity contribution in [2.75, 3.05) is 32.7 Å². The van der Waals surface area contributed by atoms with E-state index in [1.54, 1.807) is 0 Å². The Labute approximate surface area is 105 Å². The predicted octanol–water partition coefficient (Wildman–Crippen LogP) is 0.833. The van der Waals surface area contributed by atoms with E-state index in [2.05, 4.69) is 29.4 Å². The van der Waals surface area contributed by atoms with Gasteiger partial charge in [0.05, 0.1) is 6.54 Å². The van der Waals surface area contributed by atoms with E-state index in [9.17, 15) is 4.79 Å². The molecule has 1 aliphatic heterocycles. The molecule has 1 saturated heterocycles. The second-order valence-electron chi connectivity index (χ2n) is 5.24. The van der Waals surface area contributed by atoms with Gasteiger partial charge in [-0.25, -0.2) is 0 Å². The molecule has 0 atom stereocenters. The molecule has 0 aromatic rings. The van der Waals surface area contributed by atoms with Crippen molar-refractivity contribution in [3.05, 3.63) is 0 Å². The minimum atomic E-state index is 0.159. The van der Waals surface area contributed by atoms with E-state index < -0.39 is 0 Å². The molecule has 4 heteroatoms. The van der Waals surface area contributed by atoms with Crippen LogP contribution in [0, 0.1) is 5.92 Å². The quantitative estimate of drug-likeness (QED) is 0.724. The Bertz CT molecular complexity index is 223. The third-order valence-electron chi connectivity index (χ3n) is 3.26. The molecule has 0 aromatic heterocycles.